The van der Waals surface area contributed by atoms with Gasteiger partial charge in [-0.25, -0.2) is 9.78 Å². The lowest BCUT2D eigenvalue weighted by Crippen LogP contribution is -2.71. The summed E-state index contributed by atoms with van der Waals surface area (Å²) in [6.45, 7) is -0.0290. The van der Waals surface area contributed by atoms with Crippen molar-refractivity contribution < 1.29 is 29.1 Å². The van der Waals surface area contributed by atoms with Crippen LogP contribution in [-0.4, -0.2) is 74.4 Å². The van der Waals surface area contributed by atoms with Gasteiger partial charge in [0, 0.05) is 22.9 Å². The Bertz CT molecular complexity index is 2030. The molecule has 0 unspecified atom stereocenters. The number of carboxylic acids is 1. The van der Waals surface area contributed by atoms with Crippen molar-refractivity contribution in [1.29, 1.82) is 0 Å². The number of hydrogen-bond donors (Lipinski definition) is 3. The van der Waals surface area contributed by atoms with Gasteiger partial charge in [0.1, 0.15) is 47.8 Å². The van der Waals surface area contributed by atoms with E-state index in [0.717, 1.165) is 16.7 Å². The molecule has 0 saturated carbocycles. The van der Waals surface area contributed by atoms with Gasteiger partial charge in [-0.15, -0.1) is 23.1 Å². The molecule has 5 aromatic rings. The van der Waals surface area contributed by atoms with Gasteiger partial charge in [-0.2, -0.15) is 0 Å². The second-order valence-corrected chi connectivity index (χ2v) is 13.7. The molecule has 12 nitrogen and oxygen atoms in total. The molecule has 0 radical (unpaired) electrons. The maximum absolute atomic E-state index is 13.7. The molecule has 3 aromatic carbocycles. The lowest BCUT2D eigenvalue weighted by molar-refractivity contribution is -0.150. The smallest absolute Gasteiger partial charge is 0.352 e. The average Bonchev–Trinajstić information content (AvgIpc) is 3.66. The van der Waals surface area contributed by atoms with E-state index in [1.807, 2.05) is 54.6 Å². The number of β-lactam (4-membered cyclic amide) rings is 1. The number of aliphatic carboxylic acids is 1. The lowest BCUT2D eigenvalue weighted by atomic mass is 9.77. The Balaban J connectivity index is 1.13. The van der Waals surface area contributed by atoms with Gasteiger partial charge in [0.25, 0.3) is 11.8 Å². The molecule has 14 heteroatoms. The van der Waals surface area contributed by atoms with Gasteiger partial charge in [-0.1, -0.05) is 96.2 Å². The molecule has 1 saturated heterocycles. The molecule has 4 heterocycles. The molecule has 2 aliphatic heterocycles. The first-order chi connectivity index (χ1) is 25.4. The third-order valence-corrected chi connectivity index (χ3v) is 10.7. The van der Waals surface area contributed by atoms with E-state index in [1.165, 1.54) is 41.3 Å². The molecule has 262 valence electrons. The zero-order chi connectivity index (χ0) is 36.1. The van der Waals surface area contributed by atoms with Gasteiger partial charge >= 0.3 is 5.97 Å². The highest BCUT2D eigenvalue weighted by atomic mass is 32.2. The fourth-order valence-electron chi connectivity index (χ4n) is 6.28. The van der Waals surface area contributed by atoms with Crippen molar-refractivity contribution in [1.82, 2.24) is 20.2 Å². The Hall–Kier alpha value is -5.99. The third-order valence-electron chi connectivity index (χ3n) is 8.64. The second kappa shape index (κ2) is 15.1. The number of rotatable bonds is 13. The van der Waals surface area contributed by atoms with E-state index in [9.17, 15) is 19.5 Å². The molecule has 2 atom stereocenters. The van der Waals surface area contributed by atoms with Gasteiger partial charge in [-0.3, -0.25) is 19.5 Å². The number of oxime groups is 1. The monoisotopic (exact) mass is 732 g/mol. The third kappa shape index (κ3) is 6.61. The summed E-state index contributed by atoms with van der Waals surface area (Å²) >= 11 is 2.63. The van der Waals surface area contributed by atoms with Crippen LogP contribution in [0.15, 0.2) is 137 Å². The summed E-state index contributed by atoms with van der Waals surface area (Å²) in [4.78, 5) is 54.5. The van der Waals surface area contributed by atoms with Crippen LogP contribution in [0.2, 0.25) is 0 Å². The van der Waals surface area contributed by atoms with Crippen molar-refractivity contribution in [3.8, 4) is 5.75 Å². The first kappa shape index (κ1) is 34.5. The summed E-state index contributed by atoms with van der Waals surface area (Å²) in [5.74, 6) is -1.74. The van der Waals surface area contributed by atoms with Crippen molar-refractivity contribution in [3.63, 3.8) is 0 Å². The van der Waals surface area contributed by atoms with Crippen LogP contribution in [0.25, 0.3) is 0 Å². The molecule has 2 amide bonds. The first-order valence-electron chi connectivity index (χ1n) is 16.2. The number of fused-ring (bicyclic) bond motifs is 1. The van der Waals surface area contributed by atoms with Crippen LogP contribution >= 0.6 is 23.1 Å². The molecule has 3 N–H and O–H groups in total. The van der Waals surface area contributed by atoms with Gasteiger partial charge in [0.2, 0.25) is 0 Å². The van der Waals surface area contributed by atoms with Gasteiger partial charge < -0.3 is 25.3 Å². The molecule has 0 spiro atoms. The van der Waals surface area contributed by atoms with E-state index < -0.39 is 34.7 Å². The van der Waals surface area contributed by atoms with Crippen LogP contribution in [-0.2, 0) is 24.8 Å². The lowest BCUT2D eigenvalue weighted by Gasteiger charge is -2.49. The number of aromatic nitrogens is 2. The maximum atomic E-state index is 13.7. The second-order valence-electron chi connectivity index (χ2n) is 11.7. The summed E-state index contributed by atoms with van der Waals surface area (Å²) in [6.07, 6.45) is 3.12. The van der Waals surface area contributed by atoms with E-state index in [0.29, 0.717) is 16.5 Å². The van der Waals surface area contributed by atoms with E-state index >= 15 is 0 Å². The van der Waals surface area contributed by atoms with Crippen LogP contribution < -0.4 is 15.4 Å². The van der Waals surface area contributed by atoms with Crippen molar-refractivity contribution in [2.75, 3.05) is 24.8 Å². The topological polar surface area (TPSA) is 155 Å². The SMILES string of the molecule is CO/N=C(\C(=O)N[C@@H]1C(=O)N2C(C(=O)O)=C(COc3cccnc3)CS[C@H]12)c1csc(NC(c2ccccc2)(c2ccccc2)c2ccccc2)n1. The fraction of sp³-hybridized carbons (Fsp3) is 0.158. The summed E-state index contributed by atoms with van der Waals surface area (Å²) in [5, 5.41) is 22.0. The number of amides is 2. The Labute approximate surface area is 307 Å². The summed E-state index contributed by atoms with van der Waals surface area (Å²) in [7, 11) is 1.32. The standard InChI is InChI=1S/C38H32N6O6S2/c1-49-43-30(33(45)41-31-34(46)44-32(36(47)48)24(22-51-35(31)44)21-50-28-18-11-19-39-20-28)29-23-52-37(40-29)42-38(25-12-5-2-6-13-25,26-14-7-3-8-15-26)27-16-9-4-10-17-27/h2-20,23,31,35H,21-22H2,1H3,(H,40,42)(H,41,45)(H,47,48)/b43-30-/t31-,35-/m1/s1. The number of carbonyl (C=O) groups excluding carboxylic acids is 2. The fourth-order valence-corrected chi connectivity index (χ4v) is 8.36. The van der Waals surface area contributed by atoms with E-state index in [1.54, 1.807) is 23.7 Å². The first-order valence-corrected chi connectivity index (χ1v) is 18.1. The molecule has 2 aliphatic rings. The predicted molar refractivity (Wildman–Crippen MR) is 198 cm³/mol. The molecule has 0 aliphatic carbocycles. The molecular formula is C38H32N6O6S2. The summed E-state index contributed by atoms with van der Waals surface area (Å²) in [6, 6.07) is 32.5. The highest BCUT2D eigenvalue weighted by molar-refractivity contribution is 8.00. The van der Waals surface area contributed by atoms with Crippen LogP contribution in [0.4, 0.5) is 5.13 Å². The Morgan fingerprint density at radius 2 is 1.60 bits per heavy atom. The average molecular weight is 733 g/mol. The predicted octanol–water partition coefficient (Wildman–Crippen LogP) is 5.11. The molecule has 52 heavy (non-hydrogen) atoms. The number of carbonyl (C=O) groups is 3. The number of anilines is 1. The Morgan fingerprint density at radius 3 is 2.15 bits per heavy atom. The normalized spacial score (nSPS) is 17.1. The highest BCUT2D eigenvalue weighted by Crippen LogP contribution is 2.42. The highest BCUT2D eigenvalue weighted by Gasteiger charge is 2.54. The van der Waals surface area contributed by atoms with Gasteiger partial charge in [0.15, 0.2) is 10.8 Å². The number of nitrogens with zero attached hydrogens (tertiary/aromatic N) is 4. The van der Waals surface area contributed by atoms with E-state index in [2.05, 4.69) is 57.2 Å². The van der Waals surface area contributed by atoms with Crippen LogP contribution in [0, 0.1) is 0 Å². The zero-order valence-corrected chi connectivity index (χ0v) is 29.3. The number of hydrogen-bond acceptors (Lipinski definition) is 11. The molecule has 7 rings (SSSR count). The quantitative estimate of drug-likeness (QED) is 0.0644. The van der Waals surface area contributed by atoms with Crippen LogP contribution in [0.3, 0.4) is 0 Å². The minimum absolute atomic E-state index is 0.0290. The minimum atomic E-state index is -1.25. The number of benzene rings is 3. The van der Waals surface area contributed by atoms with Crippen molar-refractivity contribution in [3.05, 3.63) is 155 Å². The number of carboxylic acid groups (broad SMARTS) is 1. The number of thioether (sulfide) groups is 1. The molecule has 2 aromatic heterocycles. The summed E-state index contributed by atoms with van der Waals surface area (Å²) < 4.78 is 5.73. The largest absolute Gasteiger partial charge is 0.488 e. The number of nitrogens with one attached hydrogen (secondary N) is 2. The summed E-state index contributed by atoms with van der Waals surface area (Å²) in [5.41, 5.74) is 2.47. The zero-order valence-electron chi connectivity index (χ0n) is 27.7. The van der Waals surface area contributed by atoms with Crippen molar-refractivity contribution in [2.45, 2.75) is 17.0 Å². The van der Waals surface area contributed by atoms with Crippen LogP contribution in [0.5, 0.6) is 5.75 Å². The van der Waals surface area contributed by atoms with Crippen LogP contribution in [0.1, 0.15) is 22.4 Å². The number of pyridine rings is 1. The molecule has 1 fully saturated rings. The van der Waals surface area contributed by atoms with Crippen molar-refractivity contribution >= 4 is 51.7 Å². The Kier molecular flexibility index (Phi) is 10.00. The van der Waals surface area contributed by atoms with Gasteiger partial charge in [0.05, 0.1) is 6.20 Å². The number of ether oxygens (including phenoxy) is 1. The van der Waals surface area contributed by atoms with Gasteiger partial charge in [-0.05, 0) is 28.8 Å². The Morgan fingerprint density at radius 1 is 0.962 bits per heavy atom. The van der Waals surface area contributed by atoms with Crippen molar-refractivity contribution in [2.24, 2.45) is 5.16 Å². The molecule has 0 bridgehead atoms. The minimum Gasteiger partial charge on any atom is -0.488 e. The van der Waals surface area contributed by atoms with E-state index in [4.69, 9.17) is 14.6 Å². The number of thiazole rings is 1. The maximum Gasteiger partial charge on any atom is 0.352 e. The van der Waals surface area contributed by atoms with E-state index in [-0.39, 0.29) is 29.5 Å². The molecular weight excluding hydrogens is 701 g/mol.